The quantitative estimate of drug-likeness (QED) is 0.444. The molecule has 1 amide bonds. The van der Waals surface area contributed by atoms with E-state index in [0.717, 1.165) is 27.2 Å². The van der Waals surface area contributed by atoms with Gasteiger partial charge in [0.05, 0.1) is 28.0 Å². The Balaban J connectivity index is 1.56. The van der Waals surface area contributed by atoms with Crippen LogP contribution in [-0.2, 0) is 7.05 Å². The normalized spacial score (nSPS) is 11.1. The minimum atomic E-state index is -0.146. The van der Waals surface area contributed by atoms with Gasteiger partial charge in [0.25, 0.3) is 5.91 Å². The van der Waals surface area contributed by atoms with Gasteiger partial charge in [-0.1, -0.05) is 42.5 Å². The number of aromatic nitrogens is 3. The van der Waals surface area contributed by atoms with Crippen LogP contribution in [0.15, 0.2) is 84.5 Å². The topological polar surface area (TPSA) is 51.9 Å². The molecular formula is C23H18N4OS. The summed E-state index contributed by atoms with van der Waals surface area (Å²) in [6.45, 7) is 0. The second kappa shape index (κ2) is 7.07. The molecule has 0 aliphatic rings. The second-order valence-corrected chi connectivity index (χ2v) is 7.72. The first kappa shape index (κ1) is 17.5. The molecule has 5 rings (SSSR count). The smallest absolute Gasteiger partial charge is 0.257 e. The first-order valence-electron chi connectivity index (χ1n) is 9.25. The maximum absolute atomic E-state index is 13.2. The van der Waals surface area contributed by atoms with Crippen LogP contribution >= 0.6 is 11.3 Å². The molecule has 6 heteroatoms. The monoisotopic (exact) mass is 398 g/mol. The van der Waals surface area contributed by atoms with E-state index in [1.165, 1.54) is 0 Å². The van der Waals surface area contributed by atoms with E-state index < -0.39 is 0 Å². The SMILES string of the molecule is Cn1cc(C(=O)Nc2cn(-c3ccccc3)nc2-c2cccs2)c2ccccc21. The highest BCUT2D eigenvalue weighted by molar-refractivity contribution is 7.13. The Morgan fingerprint density at radius 1 is 0.966 bits per heavy atom. The van der Waals surface area contributed by atoms with Crippen molar-refractivity contribution in [1.29, 1.82) is 0 Å². The molecule has 0 atom stereocenters. The van der Waals surface area contributed by atoms with Gasteiger partial charge in [0.1, 0.15) is 5.69 Å². The predicted octanol–water partition coefficient (Wildman–Crippen LogP) is 5.34. The fourth-order valence-electron chi connectivity index (χ4n) is 3.49. The van der Waals surface area contributed by atoms with E-state index in [9.17, 15) is 4.79 Å². The number of nitrogens with zero attached hydrogens (tertiary/aromatic N) is 3. The average molecular weight is 398 g/mol. The number of hydrogen-bond donors (Lipinski definition) is 1. The molecule has 0 fully saturated rings. The van der Waals surface area contributed by atoms with Crippen molar-refractivity contribution in [1.82, 2.24) is 14.3 Å². The zero-order chi connectivity index (χ0) is 19.8. The number of para-hydroxylation sites is 2. The van der Waals surface area contributed by atoms with Crippen molar-refractivity contribution in [2.75, 3.05) is 5.32 Å². The highest BCUT2D eigenvalue weighted by Crippen LogP contribution is 2.32. The molecule has 142 valence electrons. The van der Waals surface area contributed by atoms with Gasteiger partial charge in [-0.15, -0.1) is 11.3 Å². The maximum Gasteiger partial charge on any atom is 0.257 e. The first-order chi connectivity index (χ1) is 14.2. The molecule has 1 N–H and O–H groups in total. The zero-order valence-corrected chi connectivity index (χ0v) is 16.6. The molecule has 2 aromatic carbocycles. The molecule has 29 heavy (non-hydrogen) atoms. The Morgan fingerprint density at radius 3 is 2.55 bits per heavy atom. The van der Waals surface area contributed by atoms with Gasteiger partial charge in [0, 0.05) is 24.1 Å². The third kappa shape index (κ3) is 3.13. The van der Waals surface area contributed by atoms with E-state index in [0.29, 0.717) is 11.3 Å². The van der Waals surface area contributed by atoms with Crippen LogP contribution in [0.1, 0.15) is 10.4 Å². The van der Waals surface area contributed by atoms with Crippen molar-refractivity contribution in [3.8, 4) is 16.3 Å². The number of anilines is 1. The van der Waals surface area contributed by atoms with Crippen LogP contribution in [0.4, 0.5) is 5.69 Å². The van der Waals surface area contributed by atoms with Gasteiger partial charge >= 0.3 is 0 Å². The summed E-state index contributed by atoms with van der Waals surface area (Å²) >= 11 is 1.60. The van der Waals surface area contributed by atoms with Gasteiger partial charge < -0.3 is 9.88 Å². The van der Waals surface area contributed by atoms with Crippen LogP contribution in [0.3, 0.4) is 0 Å². The largest absolute Gasteiger partial charge is 0.350 e. The van der Waals surface area contributed by atoms with Gasteiger partial charge in [-0.05, 0) is 29.6 Å². The Kier molecular flexibility index (Phi) is 4.26. The molecule has 3 aromatic heterocycles. The first-order valence-corrected chi connectivity index (χ1v) is 10.1. The number of aryl methyl sites for hydroxylation is 1. The standard InChI is InChI=1S/C23H18N4OS/c1-26-14-18(17-10-5-6-11-20(17)26)23(28)24-19-15-27(16-8-3-2-4-9-16)25-22(19)21-12-7-13-29-21/h2-15H,1H3,(H,24,28). The summed E-state index contributed by atoms with van der Waals surface area (Å²) in [5.41, 5.74) is 4.06. The van der Waals surface area contributed by atoms with Crippen molar-refractivity contribution in [3.05, 3.63) is 90.1 Å². The Bertz CT molecular complexity index is 1300. The molecule has 0 bridgehead atoms. The van der Waals surface area contributed by atoms with Gasteiger partial charge in [-0.3, -0.25) is 4.79 Å². The van der Waals surface area contributed by atoms with Crippen molar-refractivity contribution in [3.63, 3.8) is 0 Å². The minimum absolute atomic E-state index is 0.146. The van der Waals surface area contributed by atoms with Crippen molar-refractivity contribution >= 4 is 33.8 Å². The van der Waals surface area contributed by atoms with Crippen LogP contribution < -0.4 is 5.32 Å². The Hall–Kier alpha value is -3.64. The number of thiophene rings is 1. The number of amides is 1. The molecular weight excluding hydrogens is 380 g/mol. The molecule has 5 aromatic rings. The molecule has 5 nitrogen and oxygen atoms in total. The van der Waals surface area contributed by atoms with Crippen molar-refractivity contribution in [2.24, 2.45) is 7.05 Å². The Labute approximate surface area is 171 Å². The van der Waals surface area contributed by atoms with Gasteiger partial charge in [0.2, 0.25) is 0 Å². The number of fused-ring (bicyclic) bond motifs is 1. The summed E-state index contributed by atoms with van der Waals surface area (Å²) in [4.78, 5) is 14.2. The van der Waals surface area contributed by atoms with Crippen molar-refractivity contribution < 1.29 is 4.79 Å². The molecule has 0 unspecified atom stereocenters. The van der Waals surface area contributed by atoms with Crippen LogP contribution in [-0.4, -0.2) is 20.3 Å². The Morgan fingerprint density at radius 2 is 1.76 bits per heavy atom. The van der Waals surface area contributed by atoms with E-state index in [-0.39, 0.29) is 5.91 Å². The average Bonchev–Trinajstić information content (AvgIpc) is 3.48. The van der Waals surface area contributed by atoms with E-state index in [1.807, 2.05) is 96.1 Å². The summed E-state index contributed by atoms with van der Waals surface area (Å²) in [5.74, 6) is -0.146. The van der Waals surface area contributed by atoms with E-state index >= 15 is 0 Å². The lowest BCUT2D eigenvalue weighted by Gasteiger charge is -2.03. The second-order valence-electron chi connectivity index (χ2n) is 6.77. The van der Waals surface area contributed by atoms with Gasteiger partial charge in [-0.25, -0.2) is 4.68 Å². The highest BCUT2D eigenvalue weighted by atomic mass is 32.1. The molecule has 0 spiro atoms. The van der Waals surface area contributed by atoms with E-state index in [1.54, 1.807) is 16.0 Å². The predicted molar refractivity (Wildman–Crippen MR) is 118 cm³/mol. The van der Waals surface area contributed by atoms with Gasteiger partial charge in [-0.2, -0.15) is 5.10 Å². The molecule has 0 saturated heterocycles. The maximum atomic E-state index is 13.2. The van der Waals surface area contributed by atoms with E-state index in [2.05, 4.69) is 5.32 Å². The lowest BCUT2D eigenvalue weighted by molar-refractivity contribution is 0.102. The third-order valence-electron chi connectivity index (χ3n) is 4.88. The summed E-state index contributed by atoms with van der Waals surface area (Å²) in [6, 6.07) is 21.8. The van der Waals surface area contributed by atoms with E-state index in [4.69, 9.17) is 5.10 Å². The fraction of sp³-hybridized carbons (Fsp3) is 0.0435. The van der Waals surface area contributed by atoms with Crippen LogP contribution in [0.2, 0.25) is 0 Å². The van der Waals surface area contributed by atoms with Crippen LogP contribution in [0, 0.1) is 0 Å². The summed E-state index contributed by atoms with van der Waals surface area (Å²) < 4.78 is 3.77. The number of nitrogens with one attached hydrogen (secondary N) is 1. The summed E-state index contributed by atoms with van der Waals surface area (Å²) in [7, 11) is 1.95. The number of carbonyl (C=O) groups excluding carboxylic acids is 1. The summed E-state index contributed by atoms with van der Waals surface area (Å²) in [6.07, 6.45) is 3.74. The lowest BCUT2D eigenvalue weighted by Crippen LogP contribution is -2.11. The molecule has 3 heterocycles. The molecule has 0 aliphatic heterocycles. The van der Waals surface area contributed by atoms with Crippen LogP contribution in [0.25, 0.3) is 27.2 Å². The summed E-state index contributed by atoms with van der Waals surface area (Å²) in [5, 5.41) is 10.8. The van der Waals surface area contributed by atoms with Gasteiger partial charge in [0.15, 0.2) is 0 Å². The molecule has 0 aliphatic carbocycles. The van der Waals surface area contributed by atoms with Crippen LogP contribution in [0.5, 0.6) is 0 Å². The van der Waals surface area contributed by atoms with Crippen molar-refractivity contribution in [2.45, 2.75) is 0 Å². The molecule has 0 radical (unpaired) electrons. The minimum Gasteiger partial charge on any atom is -0.350 e. The highest BCUT2D eigenvalue weighted by Gasteiger charge is 2.19. The number of benzene rings is 2. The number of hydrogen-bond acceptors (Lipinski definition) is 3. The number of carbonyl (C=O) groups is 1. The third-order valence-corrected chi connectivity index (χ3v) is 5.76. The number of rotatable bonds is 4. The molecule has 0 saturated carbocycles. The fourth-order valence-corrected chi connectivity index (χ4v) is 4.21. The lowest BCUT2D eigenvalue weighted by atomic mass is 10.1. The zero-order valence-electron chi connectivity index (χ0n) is 15.7.